The molecule has 4 nitrogen and oxygen atoms in total. The number of imidazole rings is 1. The minimum Gasteiger partial charge on any atom is -0.444 e. The molecule has 3 aromatic rings. The predicted molar refractivity (Wildman–Crippen MR) is 90.3 cm³/mol. The van der Waals surface area contributed by atoms with Crippen molar-refractivity contribution in [3.63, 3.8) is 0 Å². The van der Waals surface area contributed by atoms with Crippen molar-refractivity contribution >= 4 is 17.1 Å². The molecule has 0 aliphatic heterocycles. The molecule has 1 heterocycles. The molecule has 23 heavy (non-hydrogen) atoms. The van der Waals surface area contributed by atoms with E-state index in [1.54, 1.807) is 0 Å². The topological polar surface area (TPSA) is 44.1 Å². The maximum absolute atomic E-state index is 12.2. The molecule has 1 aromatic heterocycles. The first-order chi connectivity index (χ1) is 11.1. The van der Waals surface area contributed by atoms with Crippen molar-refractivity contribution in [3.8, 4) is 0 Å². The van der Waals surface area contributed by atoms with Gasteiger partial charge in [-0.2, -0.15) is 0 Å². The van der Waals surface area contributed by atoms with Gasteiger partial charge in [0.05, 0.1) is 11.0 Å². The predicted octanol–water partition coefficient (Wildman–Crippen LogP) is 4.42. The molecule has 0 atom stereocenters. The second-order valence-electron chi connectivity index (χ2n) is 6.07. The highest BCUT2D eigenvalue weighted by molar-refractivity contribution is 5.86. The van der Waals surface area contributed by atoms with E-state index in [0.29, 0.717) is 5.92 Å². The molecule has 0 N–H and O–H groups in total. The van der Waals surface area contributed by atoms with Crippen LogP contribution in [-0.4, -0.2) is 15.6 Å². The van der Waals surface area contributed by atoms with E-state index in [1.165, 1.54) is 16.5 Å². The monoisotopic (exact) mass is 308 g/mol. The van der Waals surface area contributed by atoms with E-state index >= 15 is 0 Å². The standard InChI is InChI=1S/C19H20N2O2/c1-14(2)11-15-7-9-16(10-8-15)12-23-19(22)21-13-20-17-5-3-4-6-18(17)21/h3-10,13-14H,11-12H2,1-2H3. The van der Waals surface area contributed by atoms with Gasteiger partial charge in [0.1, 0.15) is 12.9 Å². The lowest BCUT2D eigenvalue weighted by atomic mass is 10.0. The number of ether oxygens (including phenoxy) is 1. The lowest BCUT2D eigenvalue weighted by Gasteiger charge is -2.08. The summed E-state index contributed by atoms with van der Waals surface area (Å²) in [5.41, 5.74) is 3.82. The number of carbonyl (C=O) groups is 1. The van der Waals surface area contributed by atoms with Gasteiger partial charge in [-0.1, -0.05) is 50.2 Å². The summed E-state index contributed by atoms with van der Waals surface area (Å²) in [6, 6.07) is 15.7. The van der Waals surface area contributed by atoms with E-state index in [4.69, 9.17) is 4.74 Å². The van der Waals surface area contributed by atoms with Crippen LogP contribution >= 0.6 is 0 Å². The summed E-state index contributed by atoms with van der Waals surface area (Å²) in [7, 11) is 0. The van der Waals surface area contributed by atoms with Gasteiger partial charge in [-0.15, -0.1) is 0 Å². The van der Waals surface area contributed by atoms with Crippen LogP contribution < -0.4 is 0 Å². The minimum atomic E-state index is -0.412. The third kappa shape index (κ3) is 3.59. The van der Waals surface area contributed by atoms with E-state index in [0.717, 1.165) is 23.0 Å². The zero-order valence-corrected chi connectivity index (χ0v) is 13.4. The van der Waals surface area contributed by atoms with Gasteiger partial charge in [-0.3, -0.25) is 0 Å². The number of carbonyl (C=O) groups excluding carboxylic acids is 1. The highest BCUT2D eigenvalue weighted by atomic mass is 16.5. The minimum absolute atomic E-state index is 0.257. The van der Waals surface area contributed by atoms with Gasteiger partial charge in [-0.25, -0.2) is 14.3 Å². The highest BCUT2D eigenvalue weighted by Crippen LogP contribution is 2.14. The number of nitrogens with zero attached hydrogens (tertiary/aromatic N) is 2. The van der Waals surface area contributed by atoms with Crippen molar-refractivity contribution in [1.29, 1.82) is 0 Å². The fourth-order valence-corrected chi connectivity index (χ4v) is 2.56. The molecule has 4 heteroatoms. The van der Waals surface area contributed by atoms with Crippen LogP contribution in [0.15, 0.2) is 54.9 Å². The van der Waals surface area contributed by atoms with E-state index in [2.05, 4.69) is 31.0 Å². The second-order valence-corrected chi connectivity index (χ2v) is 6.07. The largest absolute Gasteiger partial charge is 0.444 e. The van der Waals surface area contributed by atoms with Crippen LogP contribution in [0.3, 0.4) is 0 Å². The van der Waals surface area contributed by atoms with Gasteiger partial charge < -0.3 is 4.74 Å². The zero-order valence-electron chi connectivity index (χ0n) is 13.4. The third-order valence-electron chi connectivity index (χ3n) is 3.68. The molecule has 3 rings (SSSR count). The number of para-hydroxylation sites is 2. The van der Waals surface area contributed by atoms with E-state index < -0.39 is 6.09 Å². The second kappa shape index (κ2) is 6.65. The Kier molecular flexibility index (Phi) is 4.42. The molecule has 0 saturated heterocycles. The van der Waals surface area contributed by atoms with Gasteiger partial charge in [0, 0.05) is 0 Å². The maximum atomic E-state index is 12.2. The summed E-state index contributed by atoms with van der Waals surface area (Å²) in [5, 5.41) is 0. The number of aromatic nitrogens is 2. The Morgan fingerprint density at radius 2 is 1.78 bits per heavy atom. The third-order valence-corrected chi connectivity index (χ3v) is 3.68. The van der Waals surface area contributed by atoms with Gasteiger partial charge in [0.15, 0.2) is 0 Å². The van der Waals surface area contributed by atoms with Crippen LogP contribution in [0.25, 0.3) is 11.0 Å². The van der Waals surface area contributed by atoms with Gasteiger partial charge in [0.2, 0.25) is 0 Å². The summed E-state index contributed by atoms with van der Waals surface area (Å²) in [6.07, 6.45) is 2.14. The molecule has 0 unspecified atom stereocenters. The molecule has 0 fully saturated rings. The van der Waals surface area contributed by atoms with Crippen LogP contribution in [0.4, 0.5) is 4.79 Å². The molecule has 0 spiro atoms. The first-order valence-corrected chi connectivity index (χ1v) is 7.80. The first-order valence-electron chi connectivity index (χ1n) is 7.80. The molecular weight excluding hydrogens is 288 g/mol. The van der Waals surface area contributed by atoms with Gasteiger partial charge >= 0.3 is 6.09 Å². The van der Waals surface area contributed by atoms with Gasteiger partial charge in [-0.05, 0) is 35.6 Å². The number of benzene rings is 2. The smallest absolute Gasteiger partial charge is 0.420 e. The Morgan fingerprint density at radius 1 is 1.09 bits per heavy atom. The molecule has 0 amide bonds. The van der Waals surface area contributed by atoms with Crippen molar-refractivity contribution in [3.05, 3.63) is 66.0 Å². The Bertz CT molecular complexity index is 804. The van der Waals surface area contributed by atoms with Gasteiger partial charge in [0.25, 0.3) is 0 Å². The Balaban J connectivity index is 1.65. The summed E-state index contributed by atoms with van der Waals surface area (Å²) in [5.74, 6) is 0.633. The summed E-state index contributed by atoms with van der Waals surface area (Å²) >= 11 is 0. The molecule has 0 aliphatic carbocycles. The number of rotatable bonds is 4. The number of fused-ring (bicyclic) bond motifs is 1. The quantitative estimate of drug-likeness (QED) is 0.716. The van der Waals surface area contributed by atoms with Crippen LogP contribution in [0.1, 0.15) is 25.0 Å². The maximum Gasteiger partial charge on any atom is 0.420 e. The Morgan fingerprint density at radius 3 is 2.52 bits per heavy atom. The Labute approximate surface area is 135 Å². The lowest BCUT2D eigenvalue weighted by Crippen LogP contribution is -2.12. The first kappa shape index (κ1) is 15.3. The van der Waals surface area contributed by atoms with Crippen molar-refractivity contribution in [1.82, 2.24) is 9.55 Å². The summed E-state index contributed by atoms with van der Waals surface area (Å²) in [6.45, 7) is 4.66. The normalized spacial score (nSPS) is 11.1. The van der Waals surface area contributed by atoms with Crippen molar-refractivity contribution in [2.45, 2.75) is 26.9 Å². The SMILES string of the molecule is CC(C)Cc1ccc(COC(=O)n2cnc3ccccc32)cc1. The summed E-state index contributed by atoms with van der Waals surface area (Å²) < 4.78 is 6.82. The fraction of sp³-hybridized carbons (Fsp3) is 0.263. The average Bonchev–Trinajstić information content (AvgIpc) is 2.97. The van der Waals surface area contributed by atoms with E-state index in [9.17, 15) is 4.79 Å². The molecule has 2 aromatic carbocycles. The molecule has 0 aliphatic rings. The van der Waals surface area contributed by atoms with Crippen molar-refractivity contribution in [2.75, 3.05) is 0 Å². The molecule has 0 radical (unpaired) electrons. The van der Waals surface area contributed by atoms with Crippen molar-refractivity contribution in [2.24, 2.45) is 5.92 Å². The van der Waals surface area contributed by atoms with E-state index in [-0.39, 0.29) is 6.61 Å². The molecule has 0 saturated carbocycles. The van der Waals surface area contributed by atoms with E-state index in [1.807, 2.05) is 36.4 Å². The van der Waals surface area contributed by atoms with Crippen LogP contribution in [-0.2, 0) is 17.8 Å². The van der Waals surface area contributed by atoms with Crippen LogP contribution in [0.2, 0.25) is 0 Å². The average molecular weight is 308 g/mol. The number of hydrogen-bond donors (Lipinski definition) is 0. The molecular formula is C19H20N2O2. The fourth-order valence-electron chi connectivity index (χ4n) is 2.56. The number of hydrogen-bond acceptors (Lipinski definition) is 3. The van der Waals surface area contributed by atoms with Crippen LogP contribution in [0, 0.1) is 5.92 Å². The zero-order chi connectivity index (χ0) is 16.2. The Hall–Kier alpha value is -2.62. The lowest BCUT2D eigenvalue weighted by molar-refractivity contribution is 0.142. The highest BCUT2D eigenvalue weighted by Gasteiger charge is 2.10. The molecule has 118 valence electrons. The summed E-state index contributed by atoms with van der Waals surface area (Å²) in [4.78, 5) is 16.4. The molecule has 0 bridgehead atoms. The van der Waals surface area contributed by atoms with Crippen molar-refractivity contribution < 1.29 is 9.53 Å². The van der Waals surface area contributed by atoms with Crippen LogP contribution in [0.5, 0.6) is 0 Å².